The smallest absolute Gasteiger partial charge is 0.272 e. The molecule has 1 aromatic heterocycles. The number of nitrogens with one attached hydrogen (secondary N) is 1. The van der Waals surface area contributed by atoms with Crippen molar-refractivity contribution in [3.63, 3.8) is 0 Å². The molecule has 7 heteroatoms. The summed E-state index contributed by atoms with van der Waals surface area (Å²) < 4.78 is 1.83. The Morgan fingerprint density at radius 3 is 3.04 bits per heavy atom. The summed E-state index contributed by atoms with van der Waals surface area (Å²) in [7, 11) is 1.91. The van der Waals surface area contributed by atoms with Gasteiger partial charge in [-0.25, -0.2) is 4.99 Å². The van der Waals surface area contributed by atoms with Gasteiger partial charge >= 0.3 is 0 Å². The molecule has 0 radical (unpaired) electrons. The van der Waals surface area contributed by atoms with Gasteiger partial charge in [0.25, 0.3) is 5.91 Å². The van der Waals surface area contributed by atoms with E-state index >= 15 is 0 Å². The van der Waals surface area contributed by atoms with E-state index in [4.69, 9.17) is 0 Å². The predicted octanol–water partition coefficient (Wildman–Crippen LogP) is 1.45. The number of hydrogen-bond donors (Lipinski definition) is 1. The molecule has 5 rings (SSSR count). The van der Waals surface area contributed by atoms with E-state index in [0.717, 1.165) is 22.6 Å². The molecule has 1 aromatic carbocycles. The number of aromatic nitrogens is 2. The summed E-state index contributed by atoms with van der Waals surface area (Å²) in [4.78, 5) is 21.3. The summed E-state index contributed by atoms with van der Waals surface area (Å²) in [5.74, 6) is -0.0418. The lowest BCUT2D eigenvalue weighted by Gasteiger charge is -2.25. The van der Waals surface area contributed by atoms with Crippen LogP contribution in [0.25, 0.3) is 0 Å². The zero-order chi connectivity index (χ0) is 16.3. The van der Waals surface area contributed by atoms with E-state index in [1.807, 2.05) is 58.2 Å². The molecule has 0 spiro atoms. The maximum absolute atomic E-state index is 12.8. The molecule has 24 heavy (non-hydrogen) atoms. The van der Waals surface area contributed by atoms with Crippen molar-refractivity contribution < 1.29 is 4.79 Å². The van der Waals surface area contributed by atoms with Gasteiger partial charge in [-0.3, -0.25) is 9.48 Å². The maximum Gasteiger partial charge on any atom is 0.272 e. The number of nitrogens with zero attached hydrogens (tertiary/aromatic N) is 5. The molecule has 0 saturated carbocycles. The second-order valence-electron chi connectivity index (χ2n) is 6.17. The minimum absolute atomic E-state index is 0.0418. The highest BCUT2D eigenvalue weighted by atomic mass is 16.2. The molecule has 0 saturated heterocycles. The van der Waals surface area contributed by atoms with E-state index in [9.17, 15) is 4.79 Å². The van der Waals surface area contributed by atoms with Gasteiger partial charge in [0.1, 0.15) is 5.71 Å². The zero-order valence-corrected chi connectivity index (χ0v) is 13.2. The normalized spacial score (nSPS) is 20.4. The first-order valence-corrected chi connectivity index (χ1v) is 7.89. The van der Waals surface area contributed by atoms with Crippen molar-refractivity contribution in [3.8, 4) is 0 Å². The molecule has 7 nitrogen and oxygen atoms in total. The Labute approximate surface area is 138 Å². The molecule has 0 fully saturated rings. The fourth-order valence-electron chi connectivity index (χ4n) is 3.46. The van der Waals surface area contributed by atoms with Crippen molar-refractivity contribution in [3.05, 3.63) is 54.0 Å². The monoisotopic (exact) mass is 320 g/mol. The number of carbonyl (C=O) groups is 1. The Morgan fingerprint density at radius 2 is 2.17 bits per heavy atom. The highest BCUT2D eigenvalue weighted by molar-refractivity contribution is 6.43. The quantitative estimate of drug-likeness (QED) is 0.864. The van der Waals surface area contributed by atoms with Crippen LogP contribution in [0.15, 0.2) is 47.7 Å². The van der Waals surface area contributed by atoms with Crippen LogP contribution in [0.4, 0.5) is 11.4 Å². The van der Waals surface area contributed by atoms with Crippen molar-refractivity contribution in [1.82, 2.24) is 14.7 Å². The van der Waals surface area contributed by atoms with Gasteiger partial charge in [0.2, 0.25) is 6.29 Å². The molecule has 1 unspecified atom stereocenters. The number of benzene rings is 1. The van der Waals surface area contributed by atoms with Crippen LogP contribution in [0.5, 0.6) is 0 Å². The zero-order valence-electron chi connectivity index (χ0n) is 13.2. The molecule has 4 heterocycles. The van der Waals surface area contributed by atoms with Crippen LogP contribution >= 0.6 is 0 Å². The molecular formula is C17H16N6O. The standard InChI is InChI=1S/C17H16N6O/c1-21-15-10-22(9-11(15)8-18-21)16(24)13-6-7-23-14-5-3-2-4-12(14)19-17(23)20-13/h2-8,17,19H,9-10H2,1H3. The molecule has 1 amide bonds. The summed E-state index contributed by atoms with van der Waals surface area (Å²) in [5, 5.41) is 7.56. The van der Waals surface area contributed by atoms with Gasteiger partial charge in [-0.05, 0) is 18.2 Å². The maximum atomic E-state index is 12.8. The molecule has 1 N–H and O–H groups in total. The number of para-hydroxylation sites is 2. The molecule has 0 bridgehead atoms. The number of amides is 1. The SMILES string of the molecule is Cn1ncc2c1CN(C(=O)C1=NC3Nc4ccccc4N3C=C1)C2. The highest BCUT2D eigenvalue weighted by Crippen LogP contribution is 2.36. The average molecular weight is 320 g/mol. The van der Waals surface area contributed by atoms with Crippen molar-refractivity contribution in [1.29, 1.82) is 0 Å². The molecule has 1 atom stereocenters. The summed E-state index contributed by atoms with van der Waals surface area (Å²) in [5.41, 5.74) is 4.80. The van der Waals surface area contributed by atoms with Gasteiger partial charge in [-0.2, -0.15) is 5.10 Å². The number of fused-ring (bicyclic) bond motifs is 4. The Morgan fingerprint density at radius 1 is 1.29 bits per heavy atom. The minimum atomic E-state index is -0.252. The Balaban J connectivity index is 1.38. The summed E-state index contributed by atoms with van der Waals surface area (Å²) in [6, 6.07) is 8.04. The number of aryl methyl sites for hydroxylation is 1. The Hall–Kier alpha value is -3.09. The van der Waals surface area contributed by atoms with Crippen LogP contribution in [0.3, 0.4) is 0 Å². The van der Waals surface area contributed by atoms with Crippen LogP contribution < -0.4 is 10.2 Å². The van der Waals surface area contributed by atoms with Crippen molar-refractivity contribution in [2.75, 3.05) is 10.2 Å². The van der Waals surface area contributed by atoms with Gasteiger partial charge in [-0.1, -0.05) is 12.1 Å². The number of aliphatic imine (C=N–C) groups is 1. The first-order valence-electron chi connectivity index (χ1n) is 7.89. The Kier molecular flexibility index (Phi) is 2.62. The molecular weight excluding hydrogens is 304 g/mol. The molecule has 2 aromatic rings. The second-order valence-corrected chi connectivity index (χ2v) is 6.17. The van der Waals surface area contributed by atoms with Gasteiger partial charge in [-0.15, -0.1) is 0 Å². The van der Waals surface area contributed by atoms with Crippen molar-refractivity contribution >= 4 is 23.0 Å². The first-order chi connectivity index (χ1) is 11.7. The second kappa shape index (κ2) is 4.70. The van der Waals surface area contributed by atoms with Gasteiger partial charge < -0.3 is 15.1 Å². The third kappa shape index (κ3) is 1.81. The average Bonchev–Trinajstić information content (AvgIpc) is 3.27. The fraction of sp³-hybridized carbons (Fsp3) is 0.235. The van der Waals surface area contributed by atoms with E-state index in [0.29, 0.717) is 18.8 Å². The van der Waals surface area contributed by atoms with Crippen LogP contribution in [0.1, 0.15) is 11.3 Å². The van der Waals surface area contributed by atoms with E-state index < -0.39 is 0 Å². The molecule has 120 valence electrons. The van der Waals surface area contributed by atoms with E-state index in [2.05, 4.69) is 15.4 Å². The molecule has 3 aliphatic heterocycles. The van der Waals surface area contributed by atoms with Crippen LogP contribution in [-0.2, 0) is 24.9 Å². The van der Waals surface area contributed by atoms with E-state index in [1.54, 1.807) is 6.08 Å². The third-order valence-corrected chi connectivity index (χ3v) is 4.74. The lowest BCUT2D eigenvalue weighted by Crippen LogP contribution is -2.39. The van der Waals surface area contributed by atoms with Gasteiger partial charge in [0.15, 0.2) is 0 Å². The van der Waals surface area contributed by atoms with Crippen molar-refractivity contribution in [2.45, 2.75) is 19.4 Å². The van der Waals surface area contributed by atoms with Crippen molar-refractivity contribution in [2.24, 2.45) is 12.0 Å². The third-order valence-electron chi connectivity index (χ3n) is 4.74. The minimum Gasteiger partial charge on any atom is -0.345 e. The largest absolute Gasteiger partial charge is 0.345 e. The fourth-order valence-corrected chi connectivity index (χ4v) is 3.46. The number of carbonyl (C=O) groups excluding carboxylic acids is 1. The topological polar surface area (TPSA) is 65.8 Å². The highest BCUT2D eigenvalue weighted by Gasteiger charge is 2.33. The van der Waals surface area contributed by atoms with E-state index in [1.165, 1.54) is 0 Å². The van der Waals surface area contributed by atoms with Crippen LogP contribution in [0.2, 0.25) is 0 Å². The first kappa shape index (κ1) is 13.4. The van der Waals surface area contributed by atoms with Crippen LogP contribution in [-0.4, -0.2) is 32.6 Å². The summed E-state index contributed by atoms with van der Waals surface area (Å²) in [6.45, 7) is 1.18. The number of rotatable bonds is 1. The number of anilines is 2. The summed E-state index contributed by atoms with van der Waals surface area (Å²) >= 11 is 0. The lowest BCUT2D eigenvalue weighted by molar-refractivity contribution is -0.124. The number of hydrogen-bond acceptors (Lipinski definition) is 5. The Bertz CT molecular complexity index is 912. The van der Waals surface area contributed by atoms with E-state index in [-0.39, 0.29) is 12.2 Å². The molecule has 3 aliphatic rings. The summed E-state index contributed by atoms with van der Waals surface area (Å²) in [6.07, 6.45) is 5.30. The molecule has 0 aliphatic carbocycles. The predicted molar refractivity (Wildman–Crippen MR) is 90.4 cm³/mol. The lowest BCUT2D eigenvalue weighted by atomic mass is 10.2. The van der Waals surface area contributed by atoms with Crippen LogP contribution in [0, 0.1) is 0 Å². The van der Waals surface area contributed by atoms with Gasteiger partial charge in [0.05, 0.1) is 29.8 Å². The van der Waals surface area contributed by atoms with Gasteiger partial charge in [0, 0.05) is 25.4 Å².